The van der Waals surface area contributed by atoms with E-state index in [1.54, 1.807) is 0 Å². The predicted molar refractivity (Wildman–Crippen MR) is 79.5 cm³/mol. The zero-order chi connectivity index (χ0) is 12.8. The summed E-state index contributed by atoms with van der Waals surface area (Å²) in [6.07, 6.45) is 11.5. The van der Waals surface area contributed by atoms with Gasteiger partial charge in [0.05, 0.1) is 0 Å². The van der Waals surface area contributed by atoms with Crippen LogP contribution in [-0.2, 0) is 0 Å². The average Bonchev–Trinajstić information content (AvgIpc) is 2.35. The van der Waals surface area contributed by atoms with Gasteiger partial charge in [-0.15, -0.1) is 0 Å². The first-order chi connectivity index (χ1) is 8.31. The smallest absolute Gasteiger partial charge is 0.0398 e. The van der Waals surface area contributed by atoms with Crippen LogP contribution in [0, 0.1) is 6.92 Å². The van der Waals surface area contributed by atoms with Crippen LogP contribution in [0.2, 0.25) is 0 Å². The SMILES string of the molecule is CCCCCCCCCC.Cc1ccccc1. The molecule has 17 heavy (non-hydrogen) atoms. The molecule has 0 nitrogen and oxygen atoms in total. The number of rotatable bonds is 7. The standard InChI is InChI=1S/C10H22.C7H8/c1-3-5-7-9-10-8-6-4-2;1-7-5-3-2-4-6-7/h3-10H2,1-2H3;2-6H,1H3. The third kappa shape index (κ3) is 13.2. The van der Waals surface area contributed by atoms with Crippen molar-refractivity contribution in [3.05, 3.63) is 35.9 Å². The van der Waals surface area contributed by atoms with Crippen LogP contribution in [0.3, 0.4) is 0 Å². The van der Waals surface area contributed by atoms with Crippen molar-refractivity contribution < 1.29 is 0 Å². The van der Waals surface area contributed by atoms with Crippen LogP contribution >= 0.6 is 0 Å². The summed E-state index contributed by atoms with van der Waals surface area (Å²) < 4.78 is 0. The van der Waals surface area contributed by atoms with Gasteiger partial charge in [-0.25, -0.2) is 0 Å². The number of hydrogen-bond acceptors (Lipinski definition) is 0. The molecule has 1 rings (SSSR count). The van der Waals surface area contributed by atoms with Crippen LogP contribution < -0.4 is 0 Å². The molecule has 0 aliphatic rings. The summed E-state index contributed by atoms with van der Waals surface area (Å²) in [4.78, 5) is 0. The Balaban J connectivity index is 0.000000318. The van der Waals surface area contributed by atoms with Gasteiger partial charge in [0.2, 0.25) is 0 Å². The molecule has 1 aromatic carbocycles. The van der Waals surface area contributed by atoms with Crippen molar-refractivity contribution in [2.24, 2.45) is 0 Å². The molecule has 0 aliphatic heterocycles. The molecule has 0 heterocycles. The second-order valence-electron chi connectivity index (χ2n) is 4.78. The molecule has 98 valence electrons. The normalized spacial score (nSPS) is 9.59. The molecule has 0 unspecified atom stereocenters. The maximum absolute atomic E-state index is 2.27. The number of hydrogen-bond donors (Lipinski definition) is 0. The van der Waals surface area contributed by atoms with Crippen molar-refractivity contribution in [2.45, 2.75) is 72.1 Å². The molecule has 0 radical (unpaired) electrons. The van der Waals surface area contributed by atoms with Gasteiger partial charge in [0, 0.05) is 0 Å². The summed E-state index contributed by atoms with van der Waals surface area (Å²) in [6, 6.07) is 10.3. The van der Waals surface area contributed by atoms with E-state index in [0.29, 0.717) is 0 Å². The maximum atomic E-state index is 2.27. The Morgan fingerprint density at radius 3 is 1.35 bits per heavy atom. The highest BCUT2D eigenvalue weighted by atomic mass is 13.9. The largest absolute Gasteiger partial charge is 0.0654 e. The lowest BCUT2D eigenvalue weighted by molar-refractivity contribution is 0.585. The minimum absolute atomic E-state index is 1.32. The van der Waals surface area contributed by atoms with Gasteiger partial charge < -0.3 is 0 Å². The van der Waals surface area contributed by atoms with Gasteiger partial charge in [-0.2, -0.15) is 0 Å². The molecular formula is C17H30. The van der Waals surface area contributed by atoms with E-state index in [2.05, 4.69) is 32.9 Å². The lowest BCUT2D eigenvalue weighted by atomic mass is 10.1. The van der Waals surface area contributed by atoms with E-state index in [4.69, 9.17) is 0 Å². The molecule has 0 spiro atoms. The topological polar surface area (TPSA) is 0 Å². The molecule has 0 N–H and O–H groups in total. The Labute approximate surface area is 108 Å². The van der Waals surface area contributed by atoms with E-state index in [-0.39, 0.29) is 0 Å². The molecule has 0 atom stereocenters. The summed E-state index contributed by atoms with van der Waals surface area (Å²) in [5, 5.41) is 0. The molecule has 0 saturated heterocycles. The van der Waals surface area contributed by atoms with Gasteiger partial charge in [-0.05, 0) is 6.92 Å². The van der Waals surface area contributed by atoms with Crippen molar-refractivity contribution in [1.82, 2.24) is 0 Å². The van der Waals surface area contributed by atoms with Gasteiger partial charge in [0.15, 0.2) is 0 Å². The number of benzene rings is 1. The van der Waals surface area contributed by atoms with Crippen LogP contribution in [0.1, 0.15) is 70.8 Å². The summed E-state index contributed by atoms with van der Waals surface area (Å²) >= 11 is 0. The van der Waals surface area contributed by atoms with Crippen LogP contribution in [0.15, 0.2) is 30.3 Å². The van der Waals surface area contributed by atoms with Gasteiger partial charge in [0.1, 0.15) is 0 Å². The molecule has 0 bridgehead atoms. The quantitative estimate of drug-likeness (QED) is 0.497. The summed E-state index contributed by atoms with van der Waals surface area (Å²) in [5.41, 5.74) is 1.32. The fraction of sp³-hybridized carbons (Fsp3) is 0.647. The fourth-order valence-electron chi connectivity index (χ4n) is 1.74. The highest BCUT2D eigenvalue weighted by molar-refractivity contribution is 5.11. The van der Waals surface area contributed by atoms with Crippen molar-refractivity contribution in [3.63, 3.8) is 0 Å². The van der Waals surface area contributed by atoms with Crippen LogP contribution in [0.25, 0.3) is 0 Å². The van der Waals surface area contributed by atoms with Crippen LogP contribution in [-0.4, -0.2) is 0 Å². The summed E-state index contributed by atoms with van der Waals surface area (Å²) in [6.45, 7) is 6.62. The molecular weight excluding hydrogens is 204 g/mol. The molecule has 0 fully saturated rings. The summed E-state index contributed by atoms with van der Waals surface area (Å²) in [5.74, 6) is 0. The highest BCUT2D eigenvalue weighted by Gasteiger charge is 1.87. The molecule has 1 aromatic rings. The van der Waals surface area contributed by atoms with Gasteiger partial charge in [0.25, 0.3) is 0 Å². The monoisotopic (exact) mass is 234 g/mol. The van der Waals surface area contributed by atoms with Gasteiger partial charge in [-0.3, -0.25) is 0 Å². The Hall–Kier alpha value is -0.780. The lowest BCUT2D eigenvalue weighted by Gasteiger charge is -1.97. The third-order valence-corrected chi connectivity index (χ3v) is 2.90. The zero-order valence-electron chi connectivity index (χ0n) is 12.0. The second-order valence-corrected chi connectivity index (χ2v) is 4.78. The fourth-order valence-corrected chi connectivity index (χ4v) is 1.74. The van der Waals surface area contributed by atoms with Crippen LogP contribution in [0.5, 0.6) is 0 Å². The van der Waals surface area contributed by atoms with Gasteiger partial charge >= 0.3 is 0 Å². The minimum Gasteiger partial charge on any atom is -0.0654 e. The lowest BCUT2D eigenvalue weighted by Crippen LogP contribution is -1.77. The van der Waals surface area contributed by atoms with E-state index >= 15 is 0 Å². The van der Waals surface area contributed by atoms with Gasteiger partial charge in [-0.1, -0.05) is 101 Å². The van der Waals surface area contributed by atoms with Crippen molar-refractivity contribution in [2.75, 3.05) is 0 Å². The molecule has 0 aliphatic carbocycles. The van der Waals surface area contributed by atoms with Crippen molar-refractivity contribution in [3.8, 4) is 0 Å². The van der Waals surface area contributed by atoms with Crippen molar-refractivity contribution in [1.29, 1.82) is 0 Å². The Morgan fingerprint density at radius 1 is 0.647 bits per heavy atom. The van der Waals surface area contributed by atoms with E-state index in [1.165, 1.54) is 56.9 Å². The first kappa shape index (κ1) is 16.2. The predicted octanol–water partition coefficient (Wildman–Crippen LogP) is 6.14. The zero-order valence-corrected chi connectivity index (χ0v) is 12.0. The van der Waals surface area contributed by atoms with E-state index in [9.17, 15) is 0 Å². The van der Waals surface area contributed by atoms with E-state index in [0.717, 1.165) is 0 Å². The molecule has 0 heteroatoms. The number of unbranched alkanes of at least 4 members (excludes halogenated alkanes) is 7. The first-order valence-electron chi connectivity index (χ1n) is 7.32. The molecule has 0 amide bonds. The second kappa shape index (κ2) is 13.3. The first-order valence-corrected chi connectivity index (χ1v) is 7.32. The van der Waals surface area contributed by atoms with E-state index < -0.39 is 0 Å². The maximum Gasteiger partial charge on any atom is -0.0398 e. The molecule has 0 saturated carbocycles. The Bertz CT molecular complexity index is 217. The van der Waals surface area contributed by atoms with E-state index in [1.807, 2.05) is 18.2 Å². The minimum atomic E-state index is 1.32. The average molecular weight is 234 g/mol. The van der Waals surface area contributed by atoms with Crippen molar-refractivity contribution >= 4 is 0 Å². The third-order valence-electron chi connectivity index (χ3n) is 2.90. The number of aryl methyl sites for hydroxylation is 1. The highest BCUT2D eigenvalue weighted by Crippen LogP contribution is 2.07. The summed E-state index contributed by atoms with van der Waals surface area (Å²) in [7, 11) is 0. The molecule has 0 aromatic heterocycles. The van der Waals surface area contributed by atoms with Crippen LogP contribution in [0.4, 0.5) is 0 Å². The Kier molecular flexibility index (Phi) is 12.7. The Morgan fingerprint density at radius 2 is 1.06 bits per heavy atom.